The number of carbonyl (C=O) groups excluding carboxylic acids is 2. The molecule has 0 N–H and O–H groups in total. The molecule has 0 bridgehead atoms. The number of ether oxygens (including phenoxy) is 3. The van der Waals surface area contributed by atoms with Crippen LogP contribution < -0.4 is 14.2 Å². The first-order chi connectivity index (χ1) is 16.8. The second kappa shape index (κ2) is 12.1. The minimum Gasteiger partial charge on any atom is -0.494 e. The molecule has 3 rings (SSSR count). The first kappa shape index (κ1) is 25.8. The molecule has 3 aromatic carbocycles. The van der Waals surface area contributed by atoms with Crippen LogP contribution in [0.5, 0.6) is 17.2 Å². The highest BCUT2D eigenvalue weighted by Crippen LogP contribution is 2.29. The maximum atomic E-state index is 12.6. The van der Waals surface area contributed by atoms with Crippen molar-refractivity contribution >= 4 is 11.9 Å². The molecule has 0 saturated heterocycles. The van der Waals surface area contributed by atoms with Gasteiger partial charge in [-0.2, -0.15) is 13.2 Å². The van der Waals surface area contributed by atoms with Gasteiger partial charge in [-0.15, -0.1) is 0 Å². The van der Waals surface area contributed by atoms with E-state index < -0.39 is 23.7 Å². The predicted molar refractivity (Wildman–Crippen MR) is 124 cm³/mol. The lowest BCUT2D eigenvalue weighted by Gasteiger charge is -2.09. The van der Waals surface area contributed by atoms with Gasteiger partial charge in [0.15, 0.2) is 0 Å². The molecule has 0 aliphatic rings. The van der Waals surface area contributed by atoms with Crippen molar-refractivity contribution in [2.75, 3.05) is 6.61 Å². The molecule has 0 saturated carbocycles. The quantitative estimate of drug-likeness (QED) is 0.174. The number of carbonyl (C=O) groups is 2. The summed E-state index contributed by atoms with van der Waals surface area (Å²) in [4.78, 5) is 24.5. The predicted octanol–water partition coefficient (Wildman–Crippen LogP) is 7.10. The maximum Gasteiger partial charge on any atom is 0.416 e. The molecule has 0 aromatic heterocycles. The van der Waals surface area contributed by atoms with Crippen LogP contribution in [0.2, 0.25) is 0 Å². The lowest BCUT2D eigenvalue weighted by Crippen LogP contribution is -2.10. The van der Waals surface area contributed by atoms with Gasteiger partial charge in [0.05, 0.1) is 23.3 Å². The first-order valence-corrected chi connectivity index (χ1v) is 11.2. The molecule has 35 heavy (non-hydrogen) atoms. The van der Waals surface area contributed by atoms with Crippen LogP contribution >= 0.6 is 0 Å². The van der Waals surface area contributed by atoms with Gasteiger partial charge >= 0.3 is 18.1 Å². The zero-order chi connectivity index (χ0) is 25.3. The first-order valence-electron chi connectivity index (χ1n) is 11.2. The smallest absolute Gasteiger partial charge is 0.416 e. The summed E-state index contributed by atoms with van der Waals surface area (Å²) in [6.45, 7) is 2.77. The molecule has 0 amide bonds. The van der Waals surface area contributed by atoms with E-state index in [0.717, 1.165) is 43.5 Å². The maximum absolute atomic E-state index is 12.6. The summed E-state index contributed by atoms with van der Waals surface area (Å²) in [7, 11) is 0. The summed E-state index contributed by atoms with van der Waals surface area (Å²) in [5.74, 6) is -0.307. The standard InChI is InChI=1S/C27H25F3O5/c1-2-3-4-5-18-33-22-12-8-20(9-13-22)26(32)35-24-16-14-23(15-17-24)34-25(31)19-6-10-21(11-7-19)27(28,29)30/h6-17H,2-5,18H2,1H3. The highest BCUT2D eigenvalue weighted by molar-refractivity contribution is 5.92. The summed E-state index contributed by atoms with van der Waals surface area (Å²) in [5, 5.41) is 0. The molecule has 3 aromatic rings. The van der Waals surface area contributed by atoms with Gasteiger partial charge in [0.25, 0.3) is 0 Å². The lowest BCUT2D eigenvalue weighted by molar-refractivity contribution is -0.137. The van der Waals surface area contributed by atoms with Crippen molar-refractivity contribution < 1.29 is 37.0 Å². The van der Waals surface area contributed by atoms with Crippen molar-refractivity contribution in [2.45, 2.75) is 38.8 Å². The number of unbranched alkanes of at least 4 members (excludes halogenated alkanes) is 3. The van der Waals surface area contributed by atoms with Crippen LogP contribution in [0.15, 0.2) is 72.8 Å². The Bertz CT molecular complexity index is 1110. The molecule has 0 atom stereocenters. The summed E-state index contributed by atoms with van der Waals surface area (Å²) in [6, 6.07) is 16.1. The van der Waals surface area contributed by atoms with Gasteiger partial charge < -0.3 is 14.2 Å². The monoisotopic (exact) mass is 486 g/mol. The molecule has 0 heterocycles. The van der Waals surface area contributed by atoms with Gasteiger partial charge in [-0.05, 0) is 79.2 Å². The number of esters is 2. The molecular weight excluding hydrogens is 461 g/mol. The molecule has 0 unspecified atom stereocenters. The Kier molecular flexibility index (Phi) is 8.89. The number of rotatable bonds is 10. The Hall–Kier alpha value is -3.81. The van der Waals surface area contributed by atoms with E-state index in [1.807, 2.05) is 0 Å². The van der Waals surface area contributed by atoms with Crippen molar-refractivity contribution in [2.24, 2.45) is 0 Å². The molecule has 0 spiro atoms. The number of hydrogen-bond acceptors (Lipinski definition) is 5. The third-order valence-electron chi connectivity index (χ3n) is 5.05. The van der Waals surface area contributed by atoms with Gasteiger partial charge in [-0.1, -0.05) is 26.2 Å². The number of benzene rings is 3. The SMILES string of the molecule is CCCCCCOc1ccc(C(=O)Oc2ccc(OC(=O)c3ccc(C(F)(F)F)cc3)cc2)cc1. The van der Waals surface area contributed by atoms with E-state index >= 15 is 0 Å². The van der Waals surface area contributed by atoms with Crippen LogP contribution in [0, 0.1) is 0 Å². The Labute approximate surface area is 201 Å². The Morgan fingerprint density at radius 2 is 1.11 bits per heavy atom. The zero-order valence-corrected chi connectivity index (χ0v) is 19.1. The van der Waals surface area contributed by atoms with E-state index in [4.69, 9.17) is 14.2 Å². The van der Waals surface area contributed by atoms with E-state index in [2.05, 4.69) is 6.92 Å². The highest BCUT2D eigenvalue weighted by atomic mass is 19.4. The third kappa shape index (κ3) is 7.88. The Morgan fingerprint density at radius 3 is 1.57 bits per heavy atom. The second-order valence-electron chi connectivity index (χ2n) is 7.76. The van der Waals surface area contributed by atoms with Crippen LogP contribution in [0.3, 0.4) is 0 Å². The third-order valence-corrected chi connectivity index (χ3v) is 5.05. The summed E-state index contributed by atoms with van der Waals surface area (Å²) in [6.07, 6.45) is -0.0508. The fraction of sp³-hybridized carbons (Fsp3) is 0.259. The van der Waals surface area contributed by atoms with E-state index in [-0.39, 0.29) is 17.1 Å². The number of halogens is 3. The fourth-order valence-corrected chi connectivity index (χ4v) is 3.11. The fourth-order valence-electron chi connectivity index (χ4n) is 3.11. The minimum atomic E-state index is -4.49. The minimum absolute atomic E-state index is 0.0260. The summed E-state index contributed by atoms with van der Waals surface area (Å²) >= 11 is 0. The normalized spacial score (nSPS) is 11.1. The van der Waals surface area contributed by atoms with Crippen LogP contribution in [0.1, 0.15) is 58.9 Å². The molecule has 0 fully saturated rings. The van der Waals surface area contributed by atoms with E-state index in [1.165, 1.54) is 30.7 Å². The summed E-state index contributed by atoms with van der Waals surface area (Å²) < 4.78 is 54.1. The molecule has 184 valence electrons. The second-order valence-corrected chi connectivity index (χ2v) is 7.76. The van der Waals surface area contributed by atoms with Gasteiger partial charge in [-0.25, -0.2) is 9.59 Å². The van der Waals surface area contributed by atoms with Crippen molar-refractivity contribution in [1.82, 2.24) is 0 Å². The van der Waals surface area contributed by atoms with Crippen molar-refractivity contribution in [3.05, 3.63) is 89.5 Å². The van der Waals surface area contributed by atoms with Crippen LogP contribution in [0.4, 0.5) is 13.2 Å². The molecule has 0 aliphatic carbocycles. The highest BCUT2D eigenvalue weighted by Gasteiger charge is 2.30. The molecule has 5 nitrogen and oxygen atoms in total. The van der Waals surface area contributed by atoms with Gasteiger partial charge in [-0.3, -0.25) is 0 Å². The average Bonchev–Trinajstić information content (AvgIpc) is 2.85. The largest absolute Gasteiger partial charge is 0.494 e. The van der Waals surface area contributed by atoms with E-state index in [1.54, 1.807) is 24.3 Å². The molecule has 0 aliphatic heterocycles. The number of alkyl halides is 3. The topological polar surface area (TPSA) is 61.8 Å². The van der Waals surface area contributed by atoms with Gasteiger partial charge in [0, 0.05) is 0 Å². The van der Waals surface area contributed by atoms with Crippen LogP contribution in [-0.4, -0.2) is 18.5 Å². The van der Waals surface area contributed by atoms with Crippen LogP contribution in [-0.2, 0) is 6.18 Å². The van der Waals surface area contributed by atoms with Gasteiger partial charge in [0.2, 0.25) is 0 Å². The van der Waals surface area contributed by atoms with Crippen molar-refractivity contribution in [1.29, 1.82) is 0 Å². The molecule has 8 heteroatoms. The zero-order valence-electron chi connectivity index (χ0n) is 19.1. The molecular formula is C27H25F3O5. The Balaban J connectivity index is 1.50. The lowest BCUT2D eigenvalue weighted by atomic mass is 10.1. The number of hydrogen-bond donors (Lipinski definition) is 0. The Morgan fingerprint density at radius 1 is 0.657 bits per heavy atom. The van der Waals surface area contributed by atoms with Crippen LogP contribution in [0.25, 0.3) is 0 Å². The van der Waals surface area contributed by atoms with Crippen molar-refractivity contribution in [3.63, 3.8) is 0 Å². The van der Waals surface area contributed by atoms with Crippen molar-refractivity contribution in [3.8, 4) is 17.2 Å². The molecule has 0 radical (unpaired) electrons. The van der Waals surface area contributed by atoms with E-state index in [9.17, 15) is 22.8 Å². The van der Waals surface area contributed by atoms with Gasteiger partial charge in [0.1, 0.15) is 17.2 Å². The van der Waals surface area contributed by atoms with E-state index in [0.29, 0.717) is 17.9 Å². The summed E-state index contributed by atoms with van der Waals surface area (Å²) in [5.41, 5.74) is -0.534. The average molecular weight is 486 g/mol.